The van der Waals surface area contributed by atoms with E-state index in [2.05, 4.69) is 6.58 Å². The van der Waals surface area contributed by atoms with Crippen molar-refractivity contribution >= 4 is 35.5 Å². The van der Waals surface area contributed by atoms with Crippen LogP contribution in [0, 0.1) is 0 Å². The average molecular weight is 304 g/mol. The van der Waals surface area contributed by atoms with Crippen molar-refractivity contribution < 1.29 is 19.1 Å². The molecule has 1 atom stereocenters. The lowest BCUT2D eigenvalue weighted by Crippen LogP contribution is -2.21. The van der Waals surface area contributed by atoms with Gasteiger partial charge in [0.15, 0.2) is 5.44 Å². The van der Waals surface area contributed by atoms with Gasteiger partial charge in [-0.1, -0.05) is 6.58 Å². The summed E-state index contributed by atoms with van der Waals surface area (Å²) < 4.78 is 10.2. The molecular formula is C13H20O4S2. The fourth-order valence-electron chi connectivity index (χ4n) is 1.37. The van der Waals surface area contributed by atoms with Gasteiger partial charge in [-0.05, 0) is 31.3 Å². The minimum Gasteiger partial charge on any atom is -0.462 e. The molecule has 1 saturated heterocycles. The van der Waals surface area contributed by atoms with Crippen LogP contribution in [0.2, 0.25) is 0 Å². The molecule has 1 rings (SSSR count). The van der Waals surface area contributed by atoms with Crippen LogP contribution in [0.15, 0.2) is 12.2 Å². The van der Waals surface area contributed by atoms with E-state index in [1.54, 1.807) is 18.7 Å². The normalized spacial score (nSPS) is 19.9. The molecule has 0 amide bonds. The summed E-state index contributed by atoms with van der Waals surface area (Å²) in [4.78, 5) is 22.7. The van der Waals surface area contributed by atoms with Gasteiger partial charge in [0, 0.05) is 11.3 Å². The molecule has 4 nitrogen and oxygen atoms in total. The van der Waals surface area contributed by atoms with E-state index in [0.717, 1.165) is 17.3 Å². The number of carbonyl (C=O) groups is 2. The van der Waals surface area contributed by atoms with E-state index in [4.69, 9.17) is 9.47 Å². The third-order valence-electron chi connectivity index (χ3n) is 2.39. The van der Waals surface area contributed by atoms with Gasteiger partial charge in [0.2, 0.25) is 0 Å². The molecular weight excluding hydrogens is 284 g/mol. The highest BCUT2D eigenvalue weighted by atomic mass is 32.2. The number of ether oxygens (including phenoxy) is 2. The van der Waals surface area contributed by atoms with Gasteiger partial charge in [-0.3, -0.25) is 4.79 Å². The van der Waals surface area contributed by atoms with Crippen molar-refractivity contribution in [2.45, 2.75) is 31.6 Å². The van der Waals surface area contributed by atoms with Crippen molar-refractivity contribution in [1.29, 1.82) is 0 Å². The number of carbonyl (C=O) groups excluding carboxylic acids is 2. The van der Waals surface area contributed by atoms with Crippen molar-refractivity contribution in [3.8, 4) is 0 Å². The van der Waals surface area contributed by atoms with Crippen molar-refractivity contribution in [2.75, 3.05) is 23.9 Å². The van der Waals surface area contributed by atoms with Gasteiger partial charge in [0.25, 0.3) is 0 Å². The highest BCUT2D eigenvalue weighted by molar-refractivity contribution is 8.03. The summed E-state index contributed by atoms with van der Waals surface area (Å²) in [5.41, 5.74) is 0.259. The predicted octanol–water partition coefficient (Wildman–Crippen LogP) is 2.63. The maximum absolute atomic E-state index is 11.6. The molecule has 1 heterocycles. The van der Waals surface area contributed by atoms with Crippen LogP contribution < -0.4 is 0 Å². The Morgan fingerprint density at radius 2 is 2.05 bits per heavy atom. The summed E-state index contributed by atoms with van der Waals surface area (Å²) in [6.07, 6.45) is 2.50. The molecule has 0 aromatic rings. The fourth-order valence-corrected chi connectivity index (χ4v) is 3.69. The Kier molecular flexibility index (Phi) is 8.05. The number of hydrogen-bond acceptors (Lipinski definition) is 6. The summed E-state index contributed by atoms with van der Waals surface area (Å²) in [5, 5.41) is 0. The zero-order valence-electron chi connectivity index (χ0n) is 11.2. The molecule has 1 unspecified atom stereocenters. The molecule has 0 N–H and O–H groups in total. The van der Waals surface area contributed by atoms with Crippen LogP contribution in [0.4, 0.5) is 0 Å². The summed E-state index contributed by atoms with van der Waals surface area (Å²) in [5.74, 6) is 2.22. The highest BCUT2D eigenvalue weighted by Crippen LogP contribution is 2.23. The number of hydrogen-bond donors (Lipinski definition) is 0. The molecule has 0 bridgehead atoms. The minimum absolute atomic E-state index is 0.0507. The van der Waals surface area contributed by atoms with Gasteiger partial charge in [-0.2, -0.15) is 11.8 Å². The Morgan fingerprint density at radius 1 is 1.32 bits per heavy atom. The van der Waals surface area contributed by atoms with E-state index < -0.39 is 5.97 Å². The lowest BCUT2D eigenvalue weighted by Gasteiger charge is -2.19. The summed E-state index contributed by atoms with van der Waals surface area (Å²) in [6.45, 7) is 5.09. The molecule has 0 radical (unpaired) electrons. The van der Waals surface area contributed by atoms with Crippen molar-refractivity contribution in [3.05, 3.63) is 12.2 Å². The molecule has 6 heteroatoms. The molecule has 1 fully saturated rings. The largest absolute Gasteiger partial charge is 0.462 e. The second-order valence-electron chi connectivity index (χ2n) is 4.24. The quantitative estimate of drug-likeness (QED) is 0.575. The van der Waals surface area contributed by atoms with Gasteiger partial charge in [-0.25, -0.2) is 4.79 Å². The number of esters is 2. The van der Waals surface area contributed by atoms with Crippen LogP contribution in [0.1, 0.15) is 26.2 Å². The first kappa shape index (κ1) is 16.4. The number of rotatable bonds is 5. The molecule has 0 saturated carbocycles. The second kappa shape index (κ2) is 9.31. The second-order valence-corrected chi connectivity index (χ2v) is 6.66. The Labute approximate surface area is 122 Å². The molecule has 0 aliphatic carbocycles. The van der Waals surface area contributed by atoms with E-state index >= 15 is 0 Å². The zero-order valence-corrected chi connectivity index (χ0v) is 12.8. The lowest BCUT2D eigenvalue weighted by molar-refractivity contribution is -0.148. The number of thioether (sulfide) groups is 2. The topological polar surface area (TPSA) is 52.6 Å². The van der Waals surface area contributed by atoms with E-state index in [1.807, 2.05) is 11.8 Å². The molecule has 0 aromatic carbocycles. The SMILES string of the molecule is C=C(C)C(=O)OCCC(=O)OC1CSCCCCS1. The van der Waals surface area contributed by atoms with E-state index in [1.165, 1.54) is 12.8 Å². The van der Waals surface area contributed by atoms with Crippen LogP contribution in [-0.4, -0.2) is 41.2 Å². The standard InChI is InChI=1S/C13H20O4S2/c1-10(2)13(15)16-6-5-11(14)17-12-9-18-7-3-4-8-19-12/h12H,1,3-9H2,2H3. The van der Waals surface area contributed by atoms with Gasteiger partial charge in [0.05, 0.1) is 6.42 Å². The third kappa shape index (κ3) is 7.52. The van der Waals surface area contributed by atoms with Crippen LogP contribution in [-0.2, 0) is 19.1 Å². The van der Waals surface area contributed by atoms with Crippen LogP contribution in [0.3, 0.4) is 0 Å². The molecule has 1 aliphatic heterocycles. The third-order valence-corrected chi connectivity index (χ3v) is 4.88. The average Bonchev–Trinajstić information content (AvgIpc) is 2.32. The van der Waals surface area contributed by atoms with Crippen LogP contribution in [0.5, 0.6) is 0 Å². The van der Waals surface area contributed by atoms with Crippen LogP contribution >= 0.6 is 23.5 Å². The maximum Gasteiger partial charge on any atom is 0.333 e. The summed E-state index contributed by atoms with van der Waals surface area (Å²) in [6, 6.07) is 0. The highest BCUT2D eigenvalue weighted by Gasteiger charge is 2.17. The monoisotopic (exact) mass is 304 g/mol. The summed E-state index contributed by atoms with van der Waals surface area (Å²) >= 11 is 3.50. The first-order valence-electron chi connectivity index (χ1n) is 6.31. The Bertz CT molecular complexity index is 323. The van der Waals surface area contributed by atoms with Gasteiger partial charge in [-0.15, -0.1) is 11.8 Å². The lowest BCUT2D eigenvalue weighted by atomic mass is 10.4. The molecule has 108 valence electrons. The fraction of sp³-hybridized carbons (Fsp3) is 0.692. The molecule has 19 heavy (non-hydrogen) atoms. The van der Waals surface area contributed by atoms with E-state index in [9.17, 15) is 9.59 Å². The van der Waals surface area contributed by atoms with Crippen molar-refractivity contribution in [1.82, 2.24) is 0 Å². The smallest absolute Gasteiger partial charge is 0.333 e. The zero-order chi connectivity index (χ0) is 14.1. The predicted molar refractivity (Wildman–Crippen MR) is 79.3 cm³/mol. The molecule has 0 aromatic heterocycles. The van der Waals surface area contributed by atoms with E-state index in [-0.39, 0.29) is 24.4 Å². The van der Waals surface area contributed by atoms with Gasteiger partial charge < -0.3 is 9.47 Å². The minimum atomic E-state index is -0.469. The van der Waals surface area contributed by atoms with Gasteiger partial charge >= 0.3 is 11.9 Å². The Hall–Kier alpha value is -0.620. The molecule has 0 spiro atoms. The first-order valence-corrected chi connectivity index (χ1v) is 8.51. The van der Waals surface area contributed by atoms with Gasteiger partial charge in [0.1, 0.15) is 6.61 Å². The summed E-state index contributed by atoms with van der Waals surface area (Å²) in [7, 11) is 0. The van der Waals surface area contributed by atoms with E-state index in [0.29, 0.717) is 5.57 Å². The Morgan fingerprint density at radius 3 is 2.79 bits per heavy atom. The van der Waals surface area contributed by atoms with Crippen LogP contribution in [0.25, 0.3) is 0 Å². The Balaban J connectivity index is 2.18. The molecule has 1 aliphatic rings. The van der Waals surface area contributed by atoms with Crippen molar-refractivity contribution in [3.63, 3.8) is 0 Å². The van der Waals surface area contributed by atoms with Crippen molar-refractivity contribution in [2.24, 2.45) is 0 Å². The maximum atomic E-state index is 11.6. The first-order chi connectivity index (χ1) is 9.09.